The summed E-state index contributed by atoms with van der Waals surface area (Å²) in [5.74, 6) is 1.33. The first-order valence-electron chi connectivity index (χ1n) is 6.36. The van der Waals surface area contributed by atoms with E-state index in [2.05, 4.69) is 6.92 Å². The Kier molecular flexibility index (Phi) is 4.80. The fourth-order valence-corrected chi connectivity index (χ4v) is 3.90. The molecule has 0 aromatic carbocycles. The maximum Gasteiger partial charge on any atom is 0.150 e. The minimum atomic E-state index is -2.86. The summed E-state index contributed by atoms with van der Waals surface area (Å²) < 4.78 is 23.2. The summed E-state index contributed by atoms with van der Waals surface area (Å²) in [6.45, 7) is 4.14. The Balaban J connectivity index is 2.42. The Hall–Kier alpha value is -0.0900. The minimum Gasteiger partial charge on any atom is -0.325 e. The molecule has 3 nitrogen and oxygen atoms in total. The highest BCUT2D eigenvalue weighted by Crippen LogP contribution is 2.32. The van der Waals surface area contributed by atoms with Gasteiger partial charge in [0.2, 0.25) is 0 Å². The van der Waals surface area contributed by atoms with Crippen molar-refractivity contribution in [1.82, 2.24) is 0 Å². The van der Waals surface area contributed by atoms with Gasteiger partial charge in [0.25, 0.3) is 0 Å². The third-order valence-corrected chi connectivity index (χ3v) is 5.55. The smallest absolute Gasteiger partial charge is 0.150 e. The molecule has 1 aliphatic rings. The van der Waals surface area contributed by atoms with E-state index in [0.29, 0.717) is 18.6 Å². The lowest BCUT2D eigenvalue weighted by Crippen LogP contribution is -2.44. The van der Waals surface area contributed by atoms with Crippen LogP contribution in [-0.4, -0.2) is 25.5 Å². The van der Waals surface area contributed by atoms with Crippen LogP contribution < -0.4 is 5.73 Å². The van der Waals surface area contributed by atoms with Crippen LogP contribution in [0.25, 0.3) is 0 Å². The fraction of sp³-hybridized carbons (Fsp3) is 1.00. The van der Waals surface area contributed by atoms with Gasteiger partial charge in [-0.15, -0.1) is 0 Å². The monoisotopic (exact) mass is 247 g/mol. The van der Waals surface area contributed by atoms with Crippen molar-refractivity contribution in [1.29, 1.82) is 0 Å². The molecule has 0 aliphatic heterocycles. The van der Waals surface area contributed by atoms with Crippen LogP contribution in [0.5, 0.6) is 0 Å². The van der Waals surface area contributed by atoms with Gasteiger partial charge in [-0.3, -0.25) is 0 Å². The van der Waals surface area contributed by atoms with Crippen molar-refractivity contribution in [3.63, 3.8) is 0 Å². The van der Waals surface area contributed by atoms with Gasteiger partial charge >= 0.3 is 0 Å². The summed E-state index contributed by atoms with van der Waals surface area (Å²) in [7, 11) is -2.86. The van der Waals surface area contributed by atoms with Crippen molar-refractivity contribution in [2.75, 3.05) is 11.5 Å². The lowest BCUT2D eigenvalue weighted by atomic mass is 9.76. The van der Waals surface area contributed by atoms with Gasteiger partial charge in [-0.25, -0.2) is 8.42 Å². The van der Waals surface area contributed by atoms with Crippen molar-refractivity contribution in [2.45, 2.75) is 57.9 Å². The third-order valence-electron chi connectivity index (χ3n) is 3.70. The van der Waals surface area contributed by atoms with Gasteiger partial charge in [-0.2, -0.15) is 0 Å². The molecule has 1 saturated carbocycles. The second kappa shape index (κ2) is 5.50. The summed E-state index contributed by atoms with van der Waals surface area (Å²) in [4.78, 5) is 0. The van der Waals surface area contributed by atoms with Crippen LogP contribution in [-0.2, 0) is 9.84 Å². The SMILES string of the molecule is CCCS(=O)(=O)CCC1(N)CCC(C)CC1. The zero-order valence-corrected chi connectivity index (χ0v) is 11.4. The second-order valence-electron chi connectivity index (χ2n) is 5.45. The zero-order chi connectivity index (χ0) is 12.2. The summed E-state index contributed by atoms with van der Waals surface area (Å²) >= 11 is 0. The Morgan fingerprint density at radius 3 is 2.31 bits per heavy atom. The summed E-state index contributed by atoms with van der Waals surface area (Å²) in [5.41, 5.74) is 6.05. The highest BCUT2D eigenvalue weighted by molar-refractivity contribution is 7.91. The van der Waals surface area contributed by atoms with Crippen molar-refractivity contribution in [3.8, 4) is 0 Å². The molecule has 0 bridgehead atoms. The number of sulfone groups is 1. The van der Waals surface area contributed by atoms with Crippen molar-refractivity contribution in [2.24, 2.45) is 11.7 Å². The van der Waals surface area contributed by atoms with Gasteiger partial charge in [-0.05, 0) is 44.4 Å². The highest BCUT2D eigenvalue weighted by atomic mass is 32.2. The van der Waals surface area contributed by atoms with E-state index in [1.54, 1.807) is 0 Å². The Morgan fingerprint density at radius 1 is 1.25 bits per heavy atom. The van der Waals surface area contributed by atoms with E-state index < -0.39 is 9.84 Å². The predicted molar refractivity (Wildman–Crippen MR) is 68.1 cm³/mol. The van der Waals surface area contributed by atoms with Crippen LogP contribution in [0.4, 0.5) is 0 Å². The first-order chi connectivity index (χ1) is 7.37. The molecule has 0 aromatic rings. The van der Waals surface area contributed by atoms with Crippen LogP contribution in [0.2, 0.25) is 0 Å². The molecule has 0 heterocycles. The molecule has 1 aliphatic carbocycles. The van der Waals surface area contributed by atoms with Gasteiger partial charge in [-0.1, -0.05) is 13.8 Å². The van der Waals surface area contributed by atoms with E-state index in [4.69, 9.17) is 5.73 Å². The lowest BCUT2D eigenvalue weighted by Gasteiger charge is -2.36. The first kappa shape index (κ1) is 14.0. The molecule has 0 atom stereocenters. The molecule has 4 heteroatoms. The van der Waals surface area contributed by atoms with E-state index in [0.717, 1.165) is 31.6 Å². The van der Waals surface area contributed by atoms with Gasteiger partial charge < -0.3 is 5.73 Å². The summed E-state index contributed by atoms with van der Waals surface area (Å²) in [6, 6.07) is 0. The Labute approximate surface area is 99.7 Å². The van der Waals surface area contributed by atoms with E-state index in [9.17, 15) is 8.42 Å². The van der Waals surface area contributed by atoms with E-state index in [1.807, 2.05) is 6.92 Å². The van der Waals surface area contributed by atoms with Crippen LogP contribution in [0.15, 0.2) is 0 Å². The molecular weight excluding hydrogens is 222 g/mol. The molecule has 1 fully saturated rings. The predicted octanol–water partition coefficient (Wildman–Crippen LogP) is 2.11. The molecular formula is C12H25NO2S. The molecule has 16 heavy (non-hydrogen) atoms. The summed E-state index contributed by atoms with van der Waals surface area (Å²) in [6.07, 6.45) is 5.60. The number of rotatable bonds is 5. The van der Waals surface area contributed by atoms with Crippen molar-refractivity contribution in [3.05, 3.63) is 0 Å². The van der Waals surface area contributed by atoms with Crippen LogP contribution in [0.1, 0.15) is 52.4 Å². The zero-order valence-electron chi connectivity index (χ0n) is 10.5. The topological polar surface area (TPSA) is 60.2 Å². The van der Waals surface area contributed by atoms with Crippen LogP contribution >= 0.6 is 0 Å². The molecule has 0 aromatic heterocycles. The number of hydrogen-bond donors (Lipinski definition) is 1. The largest absolute Gasteiger partial charge is 0.325 e. The van der Waals surface area contributed by atoms with E-state index >= 15 is 0 Å². The Bertz CT molecular complexity index is 303. The fourth-order valence-electron chi connectivity index (χ4n) is 2.36. The van der Waals surface area contributed by atoms with Crippen LogP contribution in [0.3, 0.4) is 0 Å². The third kappa shape index (κ3) is 4.42. The number of hydrogen-bond acceptors (Lipinski definition) is 3. The average Bonchev–Trinajstić information content (AvgIpc) is 2.21. The minimum absolute atomic E-state index is 0.215. The van der Waals surface area contributed by atoms with Crippen molar-refractivity contribution >= 4 is 9.84 Å². The molecule has 96 valence electrons. The van der Waals surface area contributed by atoms with Gasteiger partial charge in [0.1, 0.15) is 9.84 Å². The molecule has 0 amide bonds. The van der Waals surface area contributed by atoms with Gasteiger partial charge in [0, 0.05) is 11.3 Å². The molecule has 0 saturated heterocycles. The lowest BCUT2D eigenvalue weighted by molar-refractivity contribution is 0.239. The Morgan fingerprint density at radius 2 is 1.81 bits per heavy atom. The van der Waals surface area contributed by atoms with Crippen LogP contribution in [0, 0.1) is 5.92 Å². The quantitative estimate of drug-likeness (QED) is 0.809. The van der Waals surface area contributed by atoms with E-state index in [-0.39, 0.29) is 11.3 Å². The van der Waals surface area contributed by atoms with Gasteiger partial charge in [0.05, 0.1) is 5.75 Å². The van der Waals surface area contributed by atoms with E-state index in [1.165, 1.54) is 0 Å². The first-order valence-corrected chi connectivity index (χ1v) is 8.18. The maximum atomic E-state index is 11.6. The molecule has 0 unspecified atom stereocenters. The van der Waals surface area contributed by atoms with Gasteiger partial charge in [0.15, 0.2) is 0 Å². The molecule has 0 spiro atoms. The molecule has 1 rings (SSSR count). The number of nitrogens with two attached hydrogens (primary N) is 1. The maximum absolute atomic E-state index is 11.6. The standard InChI is InChI=1S/C12H25NO2S/c1-3-9-16(14,15)10-8-12(13)6-4-11(2)5-7-12/h11H,3-10,13H2,1-2H3. The molecule has 0 radical (unpaired) electrons. The second-order valence-corrected chi connectivity index (χ2v) is 7.75. The van der Waals surface area contributed by atoms with Crippen molar-refractivity contribution < 1.29 is 8.42 Å². The molecule has 2 N–H and O–H groups in total. The highest BCUT2D eigenvalue weighted by Gasteiger charge is 2.31. The average molecular weight is 247 g/mol. The normalized spacial score (nSPS) is 31.6. The summed E-state index contributed by atoms with van der Waals surface area (Å²) in [5, 5.41) is 0.